The van der Waals surface area contributed by atoms with Crippen molar-refractivity contribution in [3.63, 3.8) is 0 Å². The Bertz CT molecular complexity index is 528. The highest BCUT2D eigenvalue weighted by Gasteiger charge is 2.02. The van der Waals surface area contributed by atoms with Crippen molar-refractivity contribution >= 4 is 17.7 Å². The van der Waals surface area contributed by atoms with Gasteiger partial charge < -0.3 is 9.88 Å². The molecule has 0 spiro atoms. The van der Waals surface area contributed by atoms with E-state index in [-0.39, 0.29) is 11.7 Å². The monoisotopic (exact) mass is 293 g/mol. The lowest BCUT2D eigenvalue weighted by Gasteiger charge is -2.05. The van der Waals surface area contributed by atoms with Crippen molar-refractivity contribution in [3.05, 3.63) is 48.8 Å². The first-order valence-corrected chi connectivity index (χ1v) is 7.33. The third-order valence-corrected chi connectivity index (χ3v) is 3.67. The van der Waals surface area contributed by atoms with Crippen LogP contribution in [0.25, 0.3) is 0 Å². The predicted octanol–water partition coefficient (Wildman–Crippen LogP) is 2.32. The summed E-state index contributed by atoms with van der Waals surface area (Å²) in [7, 11) is 0. The summed E-state index contributed by atoms with van der Waals surface area (Å²) < 4.78 is 14.7. The van der Waals surface area contributed by atoms with Gasteiger partial charge in [-0.1, -0.05) is 0 Å². The summed E-state index contributed by atoms with van der Waals surface area (Å²) in [6, 6.07) is 6.13. The molecule has 0 unspecified atom stereocenters. The minimum Gasteiger partial charge on any atom is -0.355 e. The summed E-state index contributed by atoms with van der Waals surface area (Å²) in [6.45, 7) is 1.48. The normalized spacial score (nSPS) is 10.4. The quantitative estimate of drug-likeness (QED) is 0.629. The molecule has 0 atom stereocenters. The zero-order valence-corrected chi connectivity index (χ0v) is 11.8. The van der Waals surface area contributed by atoms with Crippen LogP contribution >= 0.6 is 11.8 Å². The lowest BCUT2D eigenvalue weighted by molar-refractivity contribution is -0.118. The SMILES string of the molecule is O=C(CSc1ccc(F)cc1)NCCCn1ccnc1. The Morgan fingerprint density at radius 2 is 2.15 bits per heavy atom. The van der Waals surface area contributed by atoms with Gasteiger partial charge in [0.2, 0.25) is 5.91 Å². The number of halogens is 1. The molecule has 0 bridgehead atoms. The fraction of sp³-hybridized carbons (Fsp3) is 0.286. The van der Waals surface area contributed by atoms with Crippen LogP contribution < -0.4 is 5.32 Å². The first kappa shape index (κ1) is 14.6. The van der Waals surface area contributed by atoms with Crippen LogP contribution in [0.1, 0.15) is 6.42 Å². The highest BCUT2D eigenvalue weighted by molar-refractivity contribution is 8.00. The maximum atomic E-state index is 12.7. The highest BCUT2D eigenvalue weighted by Crippen LogP contribution is 2.17. The Morgan fingerprint density at radius 3 is 2.85 bits per heavy atom. The summed E-state index contributed by atoms with van der Waals surface area (Å²) in [4.78, 5) is 16.5. The van der Waals surface area contributed by atoms with E-state index in [1.54, 1.807) is 24.7 Å². The second-order valence-corrected chi connectivity index (χ2v) is 5.30. The smallest absolute Gasteiger partial charge is 0.230 e. The molecule has 0 fully saturated rings. The lowest BCUT2D eigenvalue weighted by Crippen LogP contribution is -2.26. The number of benzene rings is 1. The number of aryl methyl sites for hydroxylation is 1. The van der Waals surface area contributed by atoms with Crippen molar-refractivity contribution in [2.45, 2.75) is 17.9 Å². The molecule has 2 rings (SSSR count). The van der Waals surface area contributed by atoms with Crippen molar-refractivity contribution in [3.8, 4) is 0 Å². The first-order valence-electron chi connectivity index (χ1n) is 6.35. The number of aromatic nitrogens is 2. The summed E-state index contributed by atoms with van der Waals surface area (Å²) in [5.41, 5.74) is 0. The molecule has 2 aromatic rings. The Morgan fingerprint density at radius 1 is 1.35 bits per heavy atom. The van der Waals surface area contributed by atoms with E-state index in [0.717, 1.165) is 17.9 Å². The van der Waals surface area contributed by atoms with Crippen LogP contribution in [0.3, 0.4) is 0 Å². The van der Waals surface area contributed by atoms with Crippen molar-refractivity contribution in [2.75, 3.05) is 12.3 Å². The molecule has 0 aliphatic carbocycles. The number of rotatable bonds is 7. The topological polar surface area (TPSA) is 46.9 Å². The fourth-order valence-electron chi connectivity index (χ4n) is 1.64. The Labute approximate surface area is 121 Å². The number of hydrogen-bond acceptors (Lipinski definition) is 3. The van der Waals surface area contributed by atoms with Crippen molar-refractivity contribution < 1.29 is 9.18 Å². The molecule has 0 saturated carbocycles. The van der Waals surface area contributed by atoms with Crippen LogP contribution in [0.15, 0.2) is 47.9 Å². The van der Waals surface area contributed by atoms with Gasteiger partial charge in [-0.25, -0.2) is 9.37 Å². The zero-order chi connectivity index (χ0) is 14.2. The molecule has 0 saturated heterocycles. The zero-order valence-electron chi connectivity index (χ0n) is 11.0. The highest BCUT2D eigenvalue weighted by atomic mass is 32.2. The minimum atomic E-state index is -0.265. The molecule has 1 aromatic carbocycles. The molecule has 0 aliphatic heterocycles. The standard InChI is InChI=1S/C14H16FN3OS/c15-12-2-4-13(5-3-12)20-10-14(19)17-6-1-8-18-9-7-16-11-18/h2-5,7,9,11H,1,6,8,10H2,(H,17,19). The number of carbonyl (C=O) groups is 1. The van der Waals surface area contributed by atoms with Crippen molar-refractivity contribution in [1.82, 2.24) is 14.9 Å². The summed E-state index contributed by atoms with van der Waals surface area (Å²) in [5.74, 6) is 0.0692. The van der Waals surface area contributed by atoms with Gasteiger partial charge in [0.15, 0.2) is 0 Å². The number of nitrogens with zero attached hydrogens (tertiary/aromatic N) is 2. The first-order chi connectivity index (χ1) is 9.74. The van der Waals surface area contributed by atoms with Gasteiger partial charge in [0.1, 0.15) is 5.82 Å². The van der Waals surface area contributed by atoms with Gasteiger partial charge in [0.25, 0.3) is 0 Å². The molecule has 1 aromatic heterocycles. The number of imidazole rings is 1. The summed E-state index contributed by atoms with van der Waals surface area (Å²) in [6.07, 6.45) is 6.25. The molecular formula is C14H16FN3OS. The van der Waals surface area contributed by atoms with E-state index < -0.39 is 0 Å². The number of hydrogen-bond donors (Lipinski definition) is 1. The number of carbonyl (C=O) groups excluding carboxylic acids is 1. The van der Waals surface area contributed by atoms with Gasteiger partial charge >= 0.3 is 0 Å². The summed E-state index contributed by atoms with van der Waals surface area (Å²) in [5, 5.41) is 2.86. The second-order valence-electron chi connectivity index (χ2n) is 4.25. The molecule has 0 aliphatic rings. The fourth-order valence-corrected chi connectivity index (χ4v) is 2.37. The van der Waals surface area contributed by atoms with Gasteiger partial charge in [-0.3, -0.25) is 4.79 Å². The number of thioether (sulfide) groups is 1. The number of nitrogens with one attached hydrogen (secondary N) is 1. The maximum Gasteiger partial charge on any atom is 0.230 e. The summed E-state index contributed by atoms with van der Waals surface area (Å²) >= 11 is 1.40. The van der Waals surface area contributed by atoms with Crippen LogP contribution in [0, 0.1) is 5.82 Å². The van der Waals surface area contributed by atoms with Crippen molar-refractivity contribution in [2.24, 2.45) is 0 Å². The van der Waals surface area contributed by atoms with Crippen LogP contribution in [0.5, 0.6) is 0 Å². The number of amides is 1. The molecular weight excluding hydrogens is 277 g/mol. The van der Waals surface area contributed by atoms with E-state index in [4.69, 9.17) is 0 Å². The Balaban J connectivity index is 1.59. The predicted molar refractivity (Wildman–Crippen MR) is 77.0 cm³/mol. The van der Waals surface area contributed by atoms with E-state index in [1.807, 2.05) is 10.8 Å². The van der Waals surface area contributed by atoms with Crippen LogP contribution in [-0.2, 0) is 11.3 Å². The van der Waals surface area contributed by atoms with Gasteiger partial charge in [0.05, 0.1) is 12.1 Å². The average Bonchev–Trinajstić information content (AvgIpc) is 2.96. The molecule has 1 N–H and O–H groups in total. The lowest BCUT2D eigenvalue weighted by atomic mass is 10.4. The second kappa shape index (κ2) is 7.69. The Hall–Kier alpha value is -1.82. The van der Waals surface area contributed by atoms with E-state index in [9.17, 15) is 9.18 Å². The molecule has 1 amide bonds. The molecule has 4 nitrogen and oxygen atoms in total. The minimum absolute atomic E-state index is 0.00930. The van der Waals surface area contributed by atoms with Crippen LogP contribution in [0.2, 0.25) is 0 Å². The van der Waals surface area contributed by atoms with E-state index >= 15 is 0 Å². The molecule has 106 valence electrons. The maximum absolute atomic E-state index is 12.7. The van der Waals surface area contributed by atoms with E-state index in [1.165, 1.54) is 23.9 Å². The van der Waals surface area contributed by atoms with Crippen molar-refractivity contribution in [1.29, 1.82) is 0 Å². The third-order valence-electron chi connectivity index (χ3n) is 2.66. The van der Waals surface area contributed by atoms with E-state index in [0.29, 0.717) is 12.3 Å². The van der Waals surface area contributed by atoms with Gasteiger partial charge in [0, 0.05) is 30.4 Å². The van der Waals surface area contributed by atoms with E-state index in [2.05, 4.69) is 10.3 Å². The largest absolute Gasteiger partial charge is 0.355 e. The molecule has 1 heterocycles. The third kappa shape index (κ3) is 5.05. The average molecular weight is 293 g/mol. The van der Waals surface area contributed by atoms with Gasteiger partial charge in [-0.05, 0) is 30.7 Å². The van der Waals surface area contributed by atoms with Crippen LogP contribution in [-0.4, -0.2) is 27.8 Å². The molecule has 20 heavy (non-hydrogen) atoms. The van der Waals surface area contributed by atoms with Gasteiger partial charge in [-0.2, -0.15) is 0 Å². The van der Waals surface area contributed by atoms with Crippen LogP contribution in [0.4, 0.5) is 4.39 Å². The Kier molecular flexibility index (Phi) is 5.61. The molecule has 6 heteroatoms. The molecule has 0 radical (unpaired) electrons. The van der Waals surface area contributed by atoms with Gasteiger partial charge in [-0.15, -0.1) is 11.8 Å².